The van der Waals surface area contributed by atoms with Crippen LogP contribution in [0.3, 0.4) is 0 Å². The SMILES string of the molecule is C[C@]12CCC(N)(N)CC1=CCC1C2CC[C@]2(C)C(O)=CCC12. The summed E-state index contributed by atoms with van der Waals surface area (Å²) in [5.74, 6) is 2.71. The van der Waals surface area contributed by atoms with E-state index in [-0.39, 0.29) is 10.8 Å². The van der Waals surface area contributed by atoms with E-state index in [1.807, 2.05) is 0 Å². The molecular formula is C19H30N2O. The van der Waals surface area contributed by atoms with E-state index in [0.29, 0.717) is 17.6 Å². The number of hydrogen-bond acceptors (Lipinski definition) is 3. The molecule has 3 unspecified atom stereocenters. The van der Waals surface area contributed by atoms with E-state index in [0.717, 1.165) is 44.4 Å². The number of aliphatic hydroxyl groups excluding tert-OH is 1. The predicted molar refractivity (Wildman–Crippen MR) is 88.9 cm³/mol. The Morgan fingerprint density at radius 2 is 1.77 bits per heavy atom. The number of hydrogen-bond donors (Lipinski definition) is 3. The van der Waals surface area contributed by atoms with E-state index in [1.165, 1.54) is 12.0 Å². The van der Waals surface area contributed by atoms with Crippen LogP contribution in [0.5, 0.6) is 0 Å². The fraction of sp³-hybridized carbons (Fsp3) is 0.789. The van der Waals surface area contributed by atoms with E-state index in [2.05, 4.69) is 26.0 Å². The first kappa shape index (κ1) is 14.8. The van der Waals surface area contributed by atoms with Crippen molar-refractivity contribution in [3.8, 4) is 0 Å². The number of allylic oxidation sites excluding steroid dienone is 3. The molecule has 3 heteroatoms. The van der Waals surface area contributed by atoms with Gasteiger partial charge in [0, 0.05) is 5.41 Å². The van der Waals surface area contributed by atoms with Crippen molar-refractivity contribution < 1.29 is 5.11 Å². The Hall–Kier alpha value is -0.800. The van der Waals surface area contributed by atoms with Gasteiger partial charge in [-0.25, -0.2) is 0 Å². The van der Waals surface area contributed by atoms with Gasteiger partial charge < -0.3 is 16.6 Å². The van der Waals surface area contributed by atoms with Crippen molar-refractivity contribution in [2.75, 3.05) is 0 Å². The van der Waals surface area contributed by atoms with Crippen LogP contribution in [0.1, 0.15) is 58.8 Å². The summed E-state index contributed by atoms with van der Waals surface area (Å²) < 4.78 is 0. The molecular weight excluding hydrogens is 272 g/mol. The Balaban J connectivity index is 1.68. The summed E-state index contributed by atoms with van der Waals surface area (Å²) in [6.07, 6.45) is 12.0. The molecule has 4 aliphatic carbocycles. The second kappa shape index (κ2) is 4.39. The first-order chi connectivity index (χ1) is 10.3. The first-order valence-corrected chi connectivity index (χ1v) is 8.93. The van der Waals surface area contributed by atoms with Crippen LogP contribution in [0, 0.1) is 28.6 Å². The first-order valence-electron chi connectivity index (χ1n) is 8.93. The molecule has 0 radical (unpaired) electrons. The Morgan fingerprint density at radius 1 is 1.00 bits per heavy atom. The zero-order valence-corrected chi connectivity index (χ0v) is 13.9. The van der Waals surface area contributed by atoms with Crippen LogP contribution in [0.25, 0.3) is 0 Å². The molecule has 2 saturated carbocycles. The van der Waals surface area contributed by atoms with E-state index >= 15 is 0 Å². The minimum atomic E-state index is -0.505. The molecule has 0 aromatic rings. The maximum Gasteiger partial charge on any atom is 0.0944 e. The molecule has 0 aromatic carbocycles. The number of nitrogens with two attached hydrogens (primary N) is 2. The van der Waals surface area contributed by atoms with Gasteiger partial charge in [-0.15, -0.1) is 0 Å². The van der Waals surface area contributed by atoms with Gasteiger partial charge in [0.25, 0.3) is 0 Å². The highest BCUT2D eigenvalue weighted by atomic mass is 16.3. The van der Waals surface area contributed by atoms with Gasteiger partial charge in [-0.3, -0.25) is 0 Å². The third-order valence-corrected chi connectivity index (χ3v) is 7.79. The topological polar surface area (TPSA) is 72.3 Å². The minimum Gasteiger partial charge on any atom is -0.512 e. The normalized spacial score (nSPS) is 49.5. The van der Waals surface area contributed by atoms with Gasteiger partial charge >= 0.3 is 0 Å². The molecule has 2 fully saturated rings. The lowest BCUT2D eigenvalue weighted by atomic mass is 9.47. The lowest BCUT2D eigenvalue weighted by Gasteiger charge is -2.58. The lowest BCUT2D eigenvalue weighted by molar-refractivity contribution is -0.0338. The highest BCUT2D eigenvalue weighted by molar-refractivity contribution is 5.29. The summed E-state index contributed by atoms with van der Waals surface area (Å²) in [4.78, 5) is 0. The molecule has 22 heavy (non-hydrogen) atoms. The summed E-state index contributed by atoms with van der Waals surface area (Å²) in [5, 5.41) is 10.4. The van der Waals surface area contributed by atoms with Crippen LogP contribution >= 0.6 is 0 Å². The maximum absolute atomic E-state index is 10.4. The van der Waals surface area contributed by atoms with Crippen LogP contribution in [0.2, 0.25) is 0 Å². The minimum absolute atomic E-state index is 0.0308. The standard InChI is InChI=1S/C19H30N2O/c1-17-9-10-19(20,21)11-12(17)3-4-13-14-5-6-16(22)18(14,2)8-7-15(13)17/h3,6,13-15,22H,4-5,7-11,20-21H2,1-2H3/t13?,14?,15?,17-,18-/m0/s1. The van der Waals surface area contributed by atoms with Crippen molar-refractivity contribution in [1.29, 1.82) is 0 Å². The number of rotatable bonds is 0. The van der Waals surface area contributed by atoms with Crippen LogP contribution in [0.4, 0.5) is 0 Å². The van der Waals surface area contributed by atoms with Gasteiger partial charge in [-0.1, -0.05) is 25.5 Å². The average molecular weight is 302 g/mol. The molecule has 0 amide bonds. The quantitative estimate of drug-likeness (QED) is 0.473. The largest absolute Gasteiger partial charge is 0.512 e. The third kappa shape index (κ3) is 1.81. The molecule has 0 saturated heterocycles. The molecule has 4 rings (SSSR count). The number of fused-ring (bicyclic) bond motifs is 5. The van der Waals surface area contributed by atoms with Gasteiger partial charge in [-0.05, 0) is 74.2 Å². The highest BCUT2D eigenvalue weighted by Gasteiger charge is 2.57. The smallest absolute Gasteiger partial charge is 0.0944 e. The zero-order valence-electron chi connectivity index (χ0n) is 13.9. The van der Waals surface area contributed by atoms with Gasteiger partial charge in [0.15, 0.2) is 0 Å². The monoisotopic (exact) mass is 302 g/mol. The van der Waals surface area contributed by atoms with Crippen molar-refractivity contribution in [2.45, 2.75) is 64.5 Å². The molecule has 3 nitrogen and oxygen atoms in total. The van der Waals surface area contributed by atoms with Crippen molar-refractivity contribution in [3.05, 3.63) is 23.5 Å². The predicted octanol–water partition coefficient (Wildman–Crippen LogP) is 3.61. The lowest BCUT2D eigenvalue weighted by Crippen LogP contribution is -2.57. The molecule has 5 N–H and O–H groups in total. The molecule has 0 aliphatic heterocycles. The zero-order chi connectivity index (χ0) is 15.8. The highest BCUT2D eigenvalue weighted by Crippen LogP contribution is 2.64. The van der Waals surface area contributed by atoms with Crippen molar-refractivity contribution >= 4 is 0 Å². The van der Waals surface area contributed by atoms with Gasteiger partial charge in [0.1, 0.15) is 0 Å². The third-order valence-electron chi connectivity index (χ3n) is 7.79. The Labute approximate surface area is 133 Å². The molecule has 5 atom stereocenters. The summed E-state index contributed by atoms with van der Waals surface area (Å²) in [7, 11) is 0. The van der Waals surface area contributed by atoms with E-state index in [4.69, 9.17) is 11.5 Å². The van der Waals surface area contributed by atoms with Gasteiger partial charge in [0.05, 0.1) is 11.4 Å². The molecule has 0 spiro atoms. The van der Waals surface area contributed by atoms with Crippen molar-refractivity contribution in [1.82, 2.24) is 0 Å². The summed E-state index contributed by atoms with van der Waals surface area (Å²) in [6, 6.07) is 0. The summed E-state index contributed by atoms with van der Waals surface area (Å²) in [6.45, 7) is 4.73. The van der Waals surface area contributed by atoms with Crippen LogP contribution in [-0.2, 0) is 0 Å². The second-order valence-corrected chi connectivity index (χ2v) is 8.95. The van der Waals surface area contributed by atoms with Gasteiger partial charge in [0.2, 0.25) is 0 Å². The molecule has 122 valence electrons. The van der Waals surface area contributed by atoms with Crippen LogP contribution in [-0.4, -0.2) is 10.8 Å². The van der Waals surface area contributed by atoms with Crippen LogP contribution in [0.15, 0.2) is 23.5 Å². The Bertz CT molecular complexity index is 564. The van der Waals surface area contributed by atoms with Gasteiger partial charge in [-0.2, -0.15) is 0 Å². The van der Waals surface area contributed by atoms with Crippen LogP contribution < -0.4 is 11.5 Å². The summed E-state index contributed by atoms with van der Waals surface area (Å²) >= 11 is 0. The molecule has 0 heterocycles. The summed E-state index contributed by atoms with van der Waals surface area (Å²) in [5.41, 5.74) is 13.8. The van der Waals surface area contributed by atoms with Crippen molar-refractivity contribution in [3.63, 3.8) is 0 Å². The maximum atomic E-state index is 10.4. The molecule has 0 aromatic heterocycles. The Morgan fingerprint density at radius 3 is 2.55 bits per heavy atom. The van der Waals surface area contributed by atoms with E-state index in [9.17, 15) is 5.11 Å². The second-order valence-electron chi connectivity index (χ2n) is 8.95. The fourth-order valence-corrected chi connectivity index (χ4v) is 6.26. The molecule has 4 aliphatic rings. The Kier molecular flexibility index (Phi) is 2.95. The fourth-order valence-electron chi connectivity index (χ4n) is 6.26. The number of aliphatic hydroxyl groups is 1. The van der Waals surface area contributed by atoms with E-state index in [1.54, 1.807) is 0 Å². The van der Waals surface area contributed by atoms with E-state index < -0.39 is 5.66 Å². The average Bonchev–Trinajstić information content (AvgIpc) is 2.76. The van der Waals surface area contributed by atoms with Crippen molar-refractivity contribution in [2.24, 2.45) is 40.1 Å². The molecule has 0 bridgehead atoms.